The van der Waals surface area contributed by atoms with Crippen molar-refractivity contribution in [2.75, 3.05) is 0 Å². The first-order valence-electron chi connectivity index (χ1n) is 7.97. The van der Waals surface area contributed by atoms with Crippen LogP contribution in [-0.4, -0.2) is 10.2 Å². The Morgan fingerprint density at radius 3 is 2.20 bits per heavy atom. The molecule has 1 heterocycles. The lowest BCUT2D eigenvalue weighted by Gasteiger charge is -2.11. The molecule has 0 fully saturated rings. The SMILES string of the molecule is Cc1ccc(-c2nnc(Oc3ccccc3Br)c3ccccc23)cc1. The van der Waals surface area contributed by atoms with Crippen LogP contribution in [0.5, 0.6) is 11.6 Å². The summed E-state index contributed by atoms with van der Waals surface area (Å²) < 4.78 is 6.89. The molecular formula is C21H15BrN2O. The number of para-hydroxylation sites is 1. The zero-order chi connectivity index (χ0) is 17.2. The van der Waals surface area contributed by atoms with Crippen LogP contribution in [0.15, 0.2) is 77.3 Å². The third-order valence-corrected chi connectivity index (χ3v) is 4.68. The van der Waals surface area contributed by atoms with Crippen molar-refractivity contribution in [3.63, 3.8) is 0 Å². The van der Waals surface area contributed by atoms with Crippen LogP contribution >= 0.6 is 15.9 Å². The predicted molar refractivity (Wildman–Crippen MR) is 104 cm³/mol. The minimum Gasteiger partial charge on any atom is -0.436 e. The first-order chi connectivity index (χ1) is 12.2. The van der Waals surface area contributed by atoms with Crippen LogP contribution in [0.2, 0.25) is 0 Å². The van der Waals surface area contributed by atoms with Crippen LogP contribution in [0, 0.1) is 6.92 Å². The summed E-state index contributed by atoms with van der Waals surface area (Å²) in [6.45, 7) is 2.07. The highest BCUT2D eigenvalue weighted by molar-refractivity contribution is 9.10. The molecule has 0 spiro atoms. The number of nitrogens with zero attached hydrogens (tertiary/aromatic N) is 2. The molecule has 4 rings (SSSR count). The Kier molecular flexibility index (Phi) is 4.20. The maximum absolute atomic E-state index is 6.01. The van der Waals surface area contributed by atoms with E-state index in [9.17, 15) is 0 Å². The number of ether oxygens (including phenoxy) is 1. The van der Waals surface area contributed by atoms with Gasteiger partial charge in [-0.15, -0.1) is 10.2 Å². The quantitative estimate of drug-likeness (QED) is 0.420. The first kappa shape index (κ1) is 15.8. The third-order valence-electron chi connectivity index (χ3n) is 4.02. The predicted octanol–water partition coefficient (Wildman–Crippen LogP) is 6.16. The minimum atomic E-state index is 0.498. The van der Waals surface area contributed by atoms with E-state index in [1.165, 1.54) is 5.56 Å². The standard InChI is InChI=1S/C21H15BrN2O/c1-14-10-12-15(13-11-14)20-16-6-2-3-7-17(16)21(24-23-20)25-19-9-5-4-8-18(19)22/h2-13H,1H3. The number of aryl methyl sites for hydroxylation is 1. The molecule has 0 unspecified atom stereocenters. The molecule has 0 atom stereocenters. The molecule has 0 radical (unpaired) electrons. The second-order valence-electron chi connectivity index (χ2n) is 5.80. The van der Waals surface area contributed by atoms with E-state index in [0.29, 0.717) is 11.6 Å². The van der Waals surface area contributed by atoms with Gasteiger partial charge in [0.15, 0.2) is 0 Å². The summed E-state index contributed by atoms with van der Waals surface area (Å²) >= 11 is 3.50. The highest BCUT2D eigenvalue weighted by Gasteiger charge is 2.13. The van der Waals surface area contributed by atoms with E-state index in [0.717, 1.165) is 26.5 Å². The Bertz CT molecular complexity index is 1050. The number of hydrogen-bond acceptors (Lipinski definition) is 3. The molecule has 3 nitrogen and oxygen atoms in total. The molecule has 0 aliphatic rings. The van der Waals surface area contributed by atoms with Crippen molar-refractivity contribution in [1.29, 1.82) is 0 Å². The molecule has 25 heavy (non-hydrogen) atoms. The zero-order valence-electron chi connectivity index (χ0n) is 13.6. The van der Waals surface area contributed by atoms with E-state index in [1.54, 1.807) is 0 Å². The van der Waals surface area contributed by atoms with Gasteiger partial charge in [-0.2, -0.15) is 0 Å². The molecule has 0 bridgehead atoms. The van der Waals surface area contributed by atoms with Crippen molar-refractivity contribution < 1.29 is 4.74 Å². The second kappa shape index (κ2) is 6.65. The van der Waals surface area contributed by atoms with E-state index in [1.807, 2.05) is 48.5 Å². The van der Waals surface area contributed by atoms with Gasteiger partial charge in [0.25, 0.3) is 0 Å². The van der Waals surface area contributed by atoms with Crippen LogP contribution < -0.4 is 4.74 Å². The van der Waals surface area contributed by atoms with Crippen LogP contribution in [0.25, 0.3) is 22.0 Å². The summed E-state index contributed by atoms with van der Waals surface area (Å²) in [5, 5.41) is 10.7. The maximum Gasteiger partial charge on any atom is 0.246 e. The van der Waals surface area contributed by atoms with Gasteiger partial charge in [-0.3, -0.25) is 0 Å². The molecule has 4 heteroatoms. The van der Waals surface area contributed by atoms with Gasteiger partial charge in [0, 0.05) is 16.3 Å². The summed E-state index contributed by atoms with van der Waals surface area (Å²) in [5.41, 5.74) is 3.12. The number of halogens is 1. The van der Waals surface area contributed by atoms with Gasteiger partial charge in [-0.25, -0.2) is 0 Å². The summed E-state index contributed by atoms with van der Waals surface area (Å²) in [6, 6.07) is 24.0. The highest BCUT2D eigenvalue weighted by atomic mass is 79.9. The molecule has 1 aromatic heterocycles. The fourth-order valence-corrected chi connectivity index (χ4v) is 3.08. The van der Waals surface area contributed by atoms with Gasteiger partial charge in [0.2, 0.25) is 5.88 Å². The molecule has 122 valence electrons. The maximum atomic E-state index is 6.01. The Balaban J connectivity index is 1.85. The lowest BCUT2D eigenvalue weighted by molar-refractivity contribution is 0.459. The number of benzene rings is 3. The van der Waals surface area contributed by atoms with Crippen LogP contribution in [0.1, 0.15) is 5.56 Å². The molecule has 0 aliphatic heterocycles. The lowest BCUT2D eigenvalue weighted by Crippen LogP contribution is -1.96. The first-order valence-corrected chi connectivity index (χ1v) is 8.76. The van der Waals surface area contributed by atoms with E-state index < -0.39 is 0 Å². The highest BCUT2D eigenvalue weighted by Crippen LogP contribution is 2.35. The summed E-state index contributed by atoms with van der Waals surface area (Å²) in [4.78, 5) is 0. The number of fused-ring (bicyclic) bond motifs is 1. The Hall–Kier alpha value is -2.72. The summed E-state index contributed by atoms with van der Waals surface area (Å²) in [6.07, 6.45) is 0. The van der Waals surface area contributed by atoms with Crippen molar-refractivity contribution in [3.05, 3.63) is 82.8 Å². The molecule has 0 saturated carbocycles. The van der Waals surface area contributed by atoms with E-state index in [-0.39, 0.29) is 0 Å². The third kappa shape index (κ3) is 3.13. The Morgan fingerprint density at radius 1 is 0.760 bits per heavy atom. The molecule has 0 aliphatic carbocycles. The number of aromatic nitrogens is 2. The molecule has 0 saturated heterocycles. The molecule has 4 aromatic rings. The van der Waals surface area contributed by atoms with Crippen molar-refractivity contribution >= 4 is 26.7 Å². The minimum absolute atomic E-state index is 0.498. The van der Waals surface area contributed by atoms with Gasteiger partial charge in [-0.1, -0.05) is 60.2 Å². The molecule has 0 N–H and O–H groups in total. The lowest BCUT2D eigenvalue weighted by atomic mass is 10.0. The zero-order valence-corrected chi connectivity index (χ0v) is 15.2. The topological polar surface area (TPSA) is 35.0 Å². The second-order valence-corrected chi connectivity index (χ2v) is 6.65. The molecule has 3 aromatic carbocycles. The van der Waals surface area contributed by atoms with Crippen molar-refractivity contribution in [2.45, 2.75) is 6.92 Å². The fourth-order valence-electron chi connectivity index (χ4n) is 2.71. The summed E-state index contributed by atoms with van der Waals surface area (Å²) in [5.74, 6) is 1.21. The van der Waals surface area contributed by atoms with Crippen molar-refractivity contribution in [1.82, 2.24) is 10.2 Å². The average Bonchev–Trinajstić information content (AvgIpc) is 2.65. The van der Waals surface area contributed by atoms with Gasteiger partial charge in [-0.05, 0) is 41.1 Å². The average molecular weight is 391 g/mol. The fraction of sp³-hybridized carbons (Fsp3) is 0.0476. The monoisotopic (exact) mass is 390 g/mol. The van der Waals surface area contributed by atoms with E-state index in [2.05, 4.69) is 57.3 Å². The van der Waals surface area contributed by atoms with Crippen LogP contribution in [-0.2, 0) is 0 Å². The normalized spacial score (nSPS) is 10.8. The summed E-state index contributed by atoms with van der Waals surface area (Å²) in [7, 11) is 0. The van der Waals surface area contributed by atoms with Crippen LogP contribution in [0.3, 0.4) is 0 Å². The van der Waals surface area contributed by atoms with E-state index in [4.69, 9.17) is 4.74 Å². The Labute approximate surface area is 154 Å². The molecular weight excluding hydrogens is 376 g/mol. The number of hydrogen-bond donors (Lipinski definition) is 0. The van der Waals surface area contributed by atoms with Crippen molar-refractivity contribution in [2.24, 2.45) is 0 Å². The van der Waals surface area contributed by atoms with Gasteiger partial charge in [0.1, 0.15) is 11.4 Å². The smallest absolute Gasteiger partial charge is 0.246 e. The Morgan fingerprint density at radius 2 is 1.44 bits per heavy atom. The van der Waals surface area contributed by atoms with Gasteiger partial charge in [0.05, 0.1) is 4.47 Å². The van der Waals surface area contributed by atoms with Crippen molar-refractivity contribution in [3.8, 4) is 22.9 Å². The molecule has 0 amide bonds. The number of rotatable bonds is 3. The van der Waals surface area contributed by atoms with Gasteiger partial charge < -0.3 is 4.74 Å². The van der Waals surface area contributed by atoms with Gasteiger partial charge >= 0.3 is 0 Å². The van der Waals surface area contributed by atoms with Crippen LogP contribution in [0.4, 0.5) is 0 Å². The van der Waals surface area contributed by atoms with E-state index >= 15 is 0 Å². The largest absolute Gasteiger partial charge is 0.436 e.